The van der Waals surface area contributed by atoms with Crippen molar-refractivity contribution in [1.29, 1.82) is 0 Å². The Morgan fingerprint density at radius 2 is 0.592 bits per heavy atom. The summed E-state index contributed by atoms with van der Waals surface area (Å²) in [4.78, 5) is 37.9. The minimum atomic E-state index is -4.94. The van der Waals surface area contributed by atoms with Crippen LogP contribution in [0.3, 0.4) is 0 Å². The second-order valence-corrected chi connectivity index (χ2v) is 25.5. The Labute approximate surface area is 601 Å². The molecule has 0 aliphatic carbocycles. The molecule has 0 atom stereocenters. The molecule has 6 aromatic heterocycles. The van der Waals surface area contributed by atoms with Gasteiger partial charge in [-0.05, 0) is 180 Å². The monoisotopic (exact) mass is 1470 g/mol. The normalized spacial score (nSPS) is 11.9. The van der Waals surface area contributed by atoms with Gasteiger partial charge in [-0.15, -0.1) is 43.7 Å². The van der Waals surface area contributed by atoms with Gasteiger partial charge in [0.05, 0.1) is 73.6 Å². The number of rotatable bonds is 12. The summed E-state index contributed by atoms with van der Waals surface area (Å²) >= 11 is 13.2. The van der Waals surface area contributed by atoms with Gasteiger partial charge in [-0.25, -0.2) is 47.2 Å². The Morgan fingerprint density at radius 1 is 0.327 bits per heavy atom. The maximum absolute atomic E-state index is 8.49. The van der Waals surface area contributed by atoms with Crippen molar-refractivity contribution >= 4 is 93.8 Å². The molecular formula is C75H58Cl4CuN8O8S2. The molecule has 0 spiro atoms. The molecule has 8 heterocycles. The number of alkyl halides is 2. The van der Waals surface area contributed by atoms with Gasteiger partial charge >= 0.3 is 17.1 Å². The summed E-state index contributed by atoms with van der Waals surface area (Å²) in [5.74, 6) is 0. The number of pyridine rings is 6. The van der Waals surface area contributed by atoms with Crippen LogP contribution >= 0.6 is 46.7 Å². The number of hydrogen-bond acceptors (Lipinski definition) is 18. The molecule has 0 fully saturated rings. The van der Waals surface area contributed by atoms with Crippen LogP contribution < -0.4 is 47.1 Å². The van der Waals surface area contributed by atoms with Crippen molar-refractivity contribution in [2.24, 2.45) is 0 Å². The maximum Gasteiger partial charge on any atom is 2.00 e. The molecule has 2 aliphatic heterocycles. The van der Waals surface area contributed by atoms with Crippen LogP contribution in [0.4, 0.5) is 22.7 Å². The molecule has 0 N–H and O–H groups in total. The van der Waals surface area contributed by atoms with Crippen molar-refractivity contribution in [3.05, 3.63) is 278 Å². The van der Waals surface area contributed by atoms with E-state index in [4.69, 9.17) is 70.4 Å². The predicted molar refractivity (Wildman–Crippen MR) is 366 cm³/mol. The van der Waals surface area contributed by atoms with Crippen molar-refractivity contribution in [1.82, 2.24) is 29.9 Å². The van der Waals surface area contributed by atoms with Gasteiger partial charge in [0.25, 0.3) is 0 Å². The van der Waals surface area contributed by atoms with Crippen LogP contribution in [-0.4, -0.2) is 48.3 Å². The zero-order valence-electron chi connectivity index (χ0n) is 52.2. The molecule has 1 radical (unpaired) electrons. The molecule has 2 aliphatic rings. The van der Waals surface area contributed by atoms with E-state index >= 15 is 0 Å². The Balaban J connectivity index is 0.000000193. The van der Waals surface area contributed by atoms with E-state index in [2.05, 4.69) is 226 Å². The number of hydrogen-bond donors (Lipinski definition) is 0. The number of para-hydroxylation sites is 2. The average molecular weight is 1470 g/mol. The smallest absolute Gasteiger partial charge is 0.340 e. The first-order valence-electron chi connectivity index (χ1n) is 29.9. The van der Waals surface area contributed by atoms with E-state index in [-0.39, 0.29) is 22.4 Å². The van der Waals surface area contributed by atoms with Crippen LogP contribution in [0.25, 0.3) is 92.1 Å². The summed E-state index contributed by atoms with van der Waals surface area (Å²) in [5.41, 5.74) is 20.8. The van der Waals surface area contributed by atoms with E-state index in [1.807, 2.05) is 96.3 Å². The maximum atomic E-state index is 8.49. The fourth-order valence-corrected chi connectivity index (χ4v) is 12.8. The zero-order valence-corrected chi connectivity index (χ0v) is 57.8. The first kappa shape index (κ1) is 73.6. The molecule has 0 saturated heterocycles. The number of halogens is 4. The third-order valence-electron chi connectivity index (χ3n) is 14.7. The summed E-state index contributed by atoms with van der Waals surface area (Å²) in [7, 11) is -9.89. The Hall–Kier alpha value is -8.64. The molecule has 23 heteroatoms. The fourth-order valence-electron chi connectivity index (χ4n) is 10.5. The average Bonchev–Trinajstić information content (AvgIpc) is 0.780. The van der Waals surface area contributed by atoms with Crippen LogP contribution in [-0.2, 0) is 17.1 Å². The van der Waals surface area contributed by atoms with E-state index in [0.29, 0.717) is 0 Å². The minimum Gasteiger partial charge on any atom is -0.340 e. The molecule has 6 aromatic carbocycles. The van der Waals surface area contributed by atoms with Gasteiger partial charge in [0, 0.05) is 57.5 Å². The van der Waals surface area contributed by atoms with Crippen LogP contribution in [0.2, 0.25) is 0 Å². The zero-order chi connectivity index (χ0) is 68.3. The van der Waals surface area contributed by atoms with Gasteiger partial charge in [0.2, 0.25) is 0 Å². The van der Waals surface area contributed by atoms with E-state index in [0.717, 1.165) is 92.0 Å². The summed E-state index contributed by atoms with van der Waals surface area (Å²) in [5, 5.41) is 0.194. The summed E-state index contributed by atoms with van der Waals surface area (Å²) in [6, 6.07) is 80.0. The third-order valence-corrected chi connectivity index (χ3v) is 16.9. The van der Waals surface area contributed by atoms with Crippen molar-refractivity contribution < 1.29 is 74.8 Å². The number of fused-ring (bicyclic) bond motifs is 4. The molecular weight excluding hydrogens is 1410 g/mol. The second kappa shape index (κ2) is 35.2. The van der Waals surface area contributed by atoms with Crippen molar-refractivity contribution in [3.63, 3.8) is 0 Å². The molecule has 98 heavy (non-hydrogen) atoms. The molecule has 0 bridgehead atoms. The SMILES string of the molecule is CCN1c2ccccc2Sc2cc(/C=C/c3ccc(-c4cc(-c5ccccn5)nc(-c5ccccn5)c4)cc3)ccc21.CCN1c2ccccc2Sc2cc(/C=C/c3ccc(-c4cc(-c5ccccn5)nc(-c5ccccn5)c4)cc3)ccc21.ClCCl.[Cu+2].[O-][Cl+3]([O-])([O-])[O-].[O-][Cl+3]([O-])([O-])[O-]. The molecule has 0 amide bonds. The number of benzene rings is 6. The fraction of sp³-hybridized carbons (Fsp3) is 0.0667. The van der Waals surface area contributed by atoms with Gasteiger partial charge in [-0.1, -0.05) is 157 Å². The predicted octanol–water partition coefficient (Wildman–Crippen LogP) is 11.2. The largest absolute Gasteiger partial charge is 2.00 e. The number of nitrogens with zero attached hydrogens (tertiary/aromatic N) is 8. The Kier molecular flexibility index (Phi) is 26.5. The van der Waals surface area contributed by atoms with Crippen LogP contribution in [0, 0.1) is 20.5 Å². The van der Waals surface area contributed by atoms with Gasteiger partial charge in [-0.3, -0.25) is 19.9 Å². The minimum absolute atomic E-state index is 0. The first-order chi connectivity index (χ1) is 46.9. The van der Waals surface area contributed by atoms with E-state index in [1.165, 1.54) is 53.5 Å². The molecule has 14 rings (SSSR count). The van der Waals surface area contributed by atoms with Gasteiger partial charge < -0.3 is 9.80 Å². The van der Waals surface area contributed by atoms with E-state index < -0.39 is 20.5 Å². The first-order valence-corrected chi connectivity index (χ1v) is 35.1. The molecule has 12 aromatic rings. The van der Waals surface area contributed by atoms with Crippen molar-refractivity contribution in [2.75, 3.05) is 28.2 Å². The molecule has 0 unspecified atom stereocenters. The molecule has 497 valence electrons. The Bertz CT molecular complexity index is 4210. The van der Waals surface area contributed by atoms with Gasteiger partial charge in [0.1, 0.15) is 0 Å². The molecule has 16 nitrogen and oxygen atoms in total. The standard InChI is InChI=1S/2C37H28N4S.CH2Cl2.2ClHO4.Cu/c2*1-2-41-34-11-3-4-12-36(34)42-37-23-27(17-20-35(37)41)14-13-26-15-18-28(19-16-26)29-24-32(30-9-5-7-21-38-30)40-33(25-29)31-10-6-8-22-39-31;2-1-3;2*2-1(3,4)5;/h2*3-25H,2H2,1H3;1H2;2*(H,2,3,4,5);/q;;;;;+2/p-2/b2*14-13+;;;;. The van der Waals surface area contributed by atoms with E-state index in [9.17, 15) is 0 Å². The van der Waals surface area contributed by atoms with E-state index in [1.54, 1.807) is 24.8 Å². The van der Waals surface area contributed by atoms with Crippen LogP contribution in [0.1, 0.15) is 36.1 Å². The third kappa shape index (κ3) is 20.7. The van der Waals surface area contributed by atoms with Crippen LogP contribution in [0.5, 0.6) is 0 Å². The Morgan fingerprint density at radius 3 is 0.878 bits per heavy atom. The molecule has 0 saturated carbocycles. The van der Waals surface area contributed by atoms with Crippen molar-refractivity contribution in [2.45, 2.75) is 33.4 Å². The van der Waals surface area contributed by atoms with Crippen LogP contribution in [0.15, 0.2) is 275 Å². The van der Waals surface area contributed by atoms with Crippen molar-refractivity contribution in [3.8, 4) is 67.8 Å². The topological polar surface area (TPSA) is 268 Å². The summed E-state index contributed by atoms with van der Waals surface area (Å²) < 4.78 is 67.9. The summed E-state index contributed by atoms with van der Waals surface area (Å²) in [6.45, 7) is 6.30. The van der Waals surface area contributed by atoms with Gasteiger partial charge in [0.15, 0.2) is 0 Å². The summed E-state index contributed by atoms with van der Waals surface area (Å²) in [6.07, 6.45) is 15.9. The quantitative estimate of drug-likeness (QED) is 0.0625. The number of anilines is 4. The second-order valence-electron chi connectivity index (χ2n) is 21.0. The number of aromatic nitrogens is 6. The van der Waals surface area contributed by atoms with Gasteiger partial charge in [-0.2, -0.15) is 0 Å².